The minimum Gasteiger partial charge on any atom is -0.444 e. The number of amides is 3. The number of nitrogens with zero attached hydrogens (tertiary/aromatic N) is 12. The Morgan fingerprint density at radius 3 is 1.66 bits per heavy atom. The topological polar surface area (TPSA) is 214 Å². The van der Waals surface area contributed by atoms with Crippen LogP contribution in [-0.2, 0) is 35.3 Å². The first-order valence-electron chi connectivity index (χ1n) is 21.1. The van der Waals surface area contributed by atoms with Crippen molar-refractivity contribution in [3.05, 3.63) is 84.4 Å². The molecule has 0 spiro atoms. The first-order chi connectivity index (χ1) is 32.6. The van der Waals surface area contributed by atoms with Crippen molar-refractivity contribution in [3.63, 3.8) is 0 Å². The third-order valence-electron chi connectivity index (χ3n) is 10.8. The molecule has 3 atom stereocenters. The van der Waals surface area contributed by atoms with Crippen LogP contribution in [0.2, 0.25) is 0 Å². The molecule has 3 fully saturated rings. The van der Waals surface area contributed by atoms with Crippen molar-refractivity contribution in [1.82, 2.24) is 15.0 Å². The van der Waals surface area contributed by atoms with E-state index in [0.29, 0.717) is 44.2 Å². The van der Waals surface area contributed by atoms with Gasteiger partial charge in [0.15, 0.2) is 11.6 Å². The highest BCUT2D eigenvalue weighted by atomic mass is 19.1. The maximum atomic E-state index is 14.5. The molecule has 67 heavy (non-hydrogen) atoms. The van der Waals surface area contributed by atoms with Crippen molar-refractivity contribution in [1.29, 1.82) is 0 Å². The molecule has 0 bridgehead atoms. The third kappa shape index (κ3) is 10.8. The number of cyclic esters (lactones) is 3. The molecule has 25 heteroatoms. The number of benzene rings is 3. The summed E-state index contributed by atoms with van der Waals surface area (Å²) in [6.07, 6.45) is 5.65. The Labute approximate surface area is 380 Å². The smallest absolute Gasteiger partial charge is 0.414 e. The highest BCUT2D eigenvalue weighted by molar-refractivity contribution is 5.92. The number of rotatable bonds is 10. The Hall–Kier alpha value is -7.83. The number of hydrogen-bond donors (Lipinski definition) is 1. The fourth-order valence-electron chi connectivity index (χ4n) is 7.41. The molecule has 7 heterocycles. The van der Waals surface area contributed by atoms with Crippen LogP contribution >= 0.6 is 0 Å². The van der Waals surface area contributed by atoms with Gasteiger partial charge in [-0.05, 0) is 48.9 Å². The molecule has 4 aromatic rings. The lowest BCUT2D eigenvalue weighted by Gasteiger charge is -2.24. The van der Waals surface area contributed by atoms with Crippen LogP contribution in [0.25, 0.3) is 0 Å². The minimum atomic E-state index is -0.805. The summed E-state index contributed by atoms with van der Waals surface area (Å²) in [6, 6.07) is 14.5. The van der Waals surface area contributed by atoms with Crippen LogP contribution in [0.15, 0.2) is 82.5 Å². The monoisotopic (exact) mass is 934 g/mol. The van der Waals surface area contributed by atoms with Gasteiger partial charge in [0.05, 0.1) is 75.7 Å². The maximum absolute atomic E-state index is 14.5. The zero-order chi connectivity index (χ0) is 46.9. The van der Waals surface area contributed by atoms with E-state index in [0.717, 1.165) is 36.5 Å². The van der Waals surface area contributed by atoms with Gasteiger partial charge in [-0.2, -0.15) is 0 Å². The fraction of sp³-hybridized carbons (Fsp3) is 0.381. The zero-order valence-corrected chi connectivity index (χ0v) is 35.9. The van der Waals surface area contributed by atoms with Gasteiger partial charge in [0.1, 0.15) is 68.7 Å². The number of aliphatic hydroxyl groups excluding tert-OH is 1. The van der Waals surface area contributed by atoms with Crippen LogP contribution < -0.4 is 29.4 Å². The number of oxime groups is 3. The van der Waals surface area contributed by atoms with E-state index >= 15 is 0 Å². The molecule has 0 radical (unpaired) electrons. The lowest BCUT2D eigenvalue weighted by atomic mass is 10.2. The second-order valence-electron chi connectivity index (χ2n) is 15.2. The number of halogens is 3. The van der Waals surface area contributed by atoms with E-state index in [9.17, 15) is 27.6 Å². The van der Waals surface area contributed by atoms with Gasteiger partial charge in [0.25, 0.3) is 0 Å². The molecule has 0 unspecified atom stereocenters. The van der Waals surface area contributed by atoms with Gasteiger partial charge >= 0.3 is 18.3 Å². The summed E-state index contributed by atoms with van der Waals surface area (Å²) in [6.45, 7) is 5.75. The molecule has 22 nitrogen and oxygen atoms in total. The van der Waals surface area contributed by atoms with Crippen LogP contribution in [0.3, 0.4) is 0 Å². The molecular formula is C42H45F3N12O10. The van der Waals surface area contributed by atoms with Gasteiger partial charge in [-0.25, -0.2) is 32.2 Å². The van der Waals surface area contributed by atoms with Crippen molar-refractivity contribution in [2.45, 2.75) is 38.2 Å². The number of anilines is 6. The second-order valence-corrected chi connectivity index (χ2v) is 15.2. The number of aliphatic hydroxyl groups is 1. The number of hydrogen-bond acceptors (Lipinski definition) is 18. The third-order valence-corrected chi connectivity index (χ3v) is 10.8. The van der Waals surface area contributed by atoms with Gasteiger partial charge in [-0.15, -0.1) is 5.10 Å². The van der Waals surface area contributed by atoms with Crippen LogP contribution in [0.4, 0.5) is 61.7 Å². The Morgan fingerprint density at radius 2 is 1.12 bits per heavy atom. The highest BCUT2D eigenvalue weighted by Gasteiger charge is 2.35. The molecule has 0 saturated carbocycles. The molecular weight excluding hydrogens is 890 g/mol. The molecule has 6 aliphatic rings. The lowest BCUT2D eigenvalue weighted by molar-refractivity contribution is 0.0963. The Balaban J connectivity index is 0.000000138. The molecule has 3 saturated heterocycles. The number of carbonyl (C=O) groups excluding carboxylic acids is 3. The highest BCUT2D eigenvalue weighted by Crippen LogP contribution is 2.32. The molecule has 3 amide bonds. The quantitative estimate of drug-likeness (QED) is 0.217. The SMILES string of the molecule is CC[C@H]1CN(c2ccc(N3C=NOCC3)cc2)C(=O)O1.O=C1O[C@@H](CO)CN1c1ccc(N2C=NOCC2)c(F)c1.O=C1O[C@@H](Cn2ccnn2)CN1c1cc(F)c(N2C=NOCC2)c(F)c1. The molecule has 1 aromatic heterocycles. The summed E-state index contributed by atoms with van der Waals surface area (Å²) < 4.78 is 60.2. The molecule has 1 N–H and O–H groups in total. The van der Waals surface area contributed by atoms with Crippen molar-refractivity contribution in [2.24, 2.45) is 15.5 Å². The predicted octanol–water partition coefficient (Wildman–Crippen LogP) is 4.49. The fourth-order valence-corrected chi connectivity index (χ4v) is 7.41. The van der Waals surface area contributed by atoms with Crippen molar-refractivity contribution >= 4 is 71.4 Å². The zero-order valence-electron chi connectivity index (χ0n) is 35.9. The van der Waals surface area contributed by atoms with Crippen molar-refractivity contribution in [3.8, 4) is 0 Å². The summed E-state index contributed by atoms with van der Waals surface area (Å²) in [7, 11) is 0. The summed E-state index contributed by atoms with van der Waals surface area (Å²) in [5, 5.41) is 27.4. The molecule has 10 rings (SSSR count). The average Bonchev–Trinajstić information content (AvgIpc) is 4.18. The summed E-state index contributed by atoms with van der Waals surface area (Å²) in [4.78, 5) is 59.1. The number of ether oxygens (including phenoxy) is 3. The van der Waals surface area contributed by atoms with Gasteiger partial charge in [-0.3, -0.25) is 14.7 Å². The van der Waals surface area contributed by atoms with E-state index in [4.69, 9.17) is 33.8 Å². The van der Waals surface area contributed by atoms with E-state index < -0.39 is 41.8 Å². The largest absolute Gasteiger partial charge is 0.444 e. The lowest BCUT2D eigenvalue weighted by Crippen LogP contribution is -2.31. The van der Waals surface area contributed by atoms with Crippen molar-refractivity contribution < 1.29 is 61.4 Å². The molecule has 6 aliphatic heterocycles. The summed E-state index contributed by atoms with van der Waals surface area (Å²) in [5.74, 6) is -2.08. The number of aromatic nitrogens is 3. The van der Waals surface area contributed by atoms with Gasteiger partial charge in [0, 0.05) is 29.7 Å². The van der Waals surface area contributed by atoms with Crippen LogP contribution in [0.5, 0.6) is 0 Å². The Morgan fingerprint density at radius 1 is 0.612 bits per heavy atom. The van der Waals surface area contributed by atoms with E-state index in [1.807, 2.05) is 36.1 Å². The summed E-state index contributed by atoms with van der Waals surface area (Å²) in [5.41, 5.74) is 2.48. The van der Waals surface area contributed by atoms with Gasteiger partial charge < -0.3 is 48.5 Å². The average molecular weight is 935 g/mol. The van der Waals surface area contributed by atoms with Crippen LogP contribution in [0.1, 0.15) is 13.3 Å². The van der Waals surface area contributed by atoms with Crippen LogP contribution in [-0.4, -0.2) is 141 Å². The van der Waals surface area contributed by atoms with Crippen LogP contribution in [0, 0.1) is 17.5 Å². The first kappa shape index (κ1) is 45.7. The molecule has 354 valence electrons. The van der Waals surface area contributed by atoms with E-state index in [-0.39, 0.29) is 56.4 Å². The first-order valence-corrected chi connectivity index (χ1v) is 21.1. The maximum Gasteiger partial charge on any atom is 0.414 e. The molecule has 0 aliphatic carbocycles. The van der Waals surface area contributed by atoms with E-state index in [2.05, 4.69) is 25.8 Å². The van der Waals surface area contributed by atoms with E-state index in [1.54, 1.807) is 34.5 Å². The minimum absolute atomic E-state index is 0.00597. The standard InChI is InChI=1S/C15H14F2N6O3.C14H17N3O3.C13H14FN3O4/c16-12-5-10(6-13(17)14(12)21-3-4-25-19-9-21)23-8-11(26-15(23)24)7-22-2-1-18-20-22;1-2-13-9-17(14(18)20-13)12-5-3-11(4-6-12)16-7-8-19-15-10-16;14-11-5-9(17-6-10(7-18)21-13(17)19)1-2-12(11)16-3-4-20-15-8-16/h1-2,5-6,9,11H,3-4,7-8H2;3-6,10,13H,2,7-9H2,1H3;1-2,5,8,10,18H,3-4,6-7H2/t11-;13-;10-/m001/s1. The Bertz CT molecular complexity index is 2450. The summed E-state index contributed by atoms with van der Waals surface area (Å²) >= 11 is 0. The Kier molecular flexibility index (Phi) is 14.3. The van der Waals surface area contributed by atoms with Crippen molar-refractivity contribution in [2.75, 3.05) is 95.1 Å². The van der Waals surface area contributed by atoms with E-state index in [1.165, 1.54) is 44.3 Å². The number of carbonyl (C=O) groups is 3. The second kappa shape index (κ2) is 21.0. The van der Waals surface area contributed by atoms with Gasteiger partial charge in [-0.1, -0.05) is 27.6 Å². The predicted molar refractivity (Wildman–Crippen MR) is 235 cm³/mol. The van der Waals surface area contributed by atoms with Gasteiger partial charge in [0.2, 0.25) is 0 Å². The molecule has 3 aromatic carbocycles. The normalized spacial score (nSPS) is 20.9.